The summed E-state index contributed by atoms with van der Waals surface area (Å²) in [7, 11) is 0. The van der Waals surface area contributed by atoms with Crippen molar-refractivity contribution in [1.29, 1.82) is 0 Å². The Kier molecular flexibility index (Phi) is 7.14. The normalized spacial score (nSPS) is 16.0. The highest BCUT2D eigenvalue weighted by Gasteiger charge is 2.35. The number of amides is 3. The Morgan fingerprint density at radius 2 is 1.84 bits per heavy atom. The maximum atomic E-state index is 12.7. The number of carbonyl (C=O) groups excluding carboxylic acids is 3. The van der Waals surface area contributed by atoms with Crippen LogP contribution in [0.3, 0.4) is 0 Å². The fraction of sp³-hybridized carbons (Fsp3) is 0.222. The first-order valence-electron chi connectivity index (χ1n) is 11.7. The molecule has 9 nitrogen and oxygen atoms in total. The number of benzene rings is 3. The highest BCUT2D eigenvalue weighted by atomic mass is 35.5. The van der Waals surface area contributed by atoms with E-state index in [1.54, 1.807) is 53.4 Å². The average Bonchev–Trinajstić information content (AvgIpc) is 3.52. The number of rotatable bonds is 8. The largest absolute Gasteiger partial charge is 0.484 e. The van der Waals surface area contributed by atoms with Crippen molar-refractivity contribution in [1.82, 2.24) is 5.32 Å². The van der Waals surface area contributed by atoms with E-state index in [1.807, 2.05) is 18.2 Å². The van der Waals surface area contributed by atoms with Gasteiger partial charge in [0.05, 0.1) is 5.92 Å². The molecule has 3 aromatic rings. The average molecular weight is 522 g/mol. The fourth-order valence-electron chi connectivity index (χ4n) is 4.15. The van der Waals surface area contributed by atoms with Gasteiger partial charge in [0, 0.05) is 35.9 Å². The van der Waals surface area contributed by atoms with Gasteiger partial charge in [-0.25, -0.2) is 0 Å². The third kappa shape index (κ3) is 5.95. The highest BCUT2D eigenvalue weighted by Crippen LogP contribution is 2.32. The SMILES string of the molecule is O=C(COc1ccc(N2CC(C(=O)NCc3ccc4c(c3)OCO4)CC2=O)cc1)Nc1cccc(Cl)c1. The van der Waals surface area contributed by atoms with Crippen LogP contribution in [-0.2, 0) is 20.9 Å². The van der Waals surface area contributed by atoms with Crippen LogP contribution in [0.2, 0.25) is 5.02 Å². The summed E-state index contributed by atoms with van der Waals surface area (Å²) in [6, 6.07) is 19.2. The Morgan fingerprint density at radius 1 is 1.03 bits per heavy atom. The molecule has 10 heteroatoms. The minimum atomic E-state index is -0.451. The molecule has 0 bridgehead atoms. The molecule has 3 amide bonds. The van der Waals surface area contributed by atoms with Crippen molar-refractivity contribution in [2.75, 3.05) is 30.2 Å². The molecule has 1 unspecified atom stereocenters. The predicted molar refractivity (Wildman–Crippen MR) is 137 cm³/mol. The Balaban J connectivity index is 1.10. The number of ether oxygens (including phenoxy) is 3. The van der Waals surface area contributed by atoms with E-state index in [-0.39, 0.29) is 44.1 Å². The maximum Gasteiger partial charge on any atom is 0.262 e. The molecule has 2 aliphatic rings. The number of hydrogen-bond acceptors (Lipinski definition) is 6. The number of anilines is 2. The van der Waals surface area contributed by atoms with Crippen LogP contribution in [0.4, 0.5) is 11.4 Å². The minimum Gasteiger partial charge on any atom is -0.484 e. The summed E-state index contributed by atoms with van der Waals surface area (Å²) in [5.74, 6) is 0.738. The number of halogens is 1. The summed E-state index contributed by atoms with van der Waals surface area (Å²) in [4.78, 5) is 39.0. The van der Waals surface area contributed by atoms with E-state index in [1.165, 1.54) is 0 Å². The van der Waals surface area contributed by atoms with Crippen molar-refractivity contribution in [3.8, 4) is 17.2 Å². The first-order valence-corrected chi connectivity index (χ1v) is 12.1. The van der Waals surface area contributed by atoms with Crippen molar-refractivity contribution in [2.24, 2.45) is 5.92 Å². The molecule has 1 atom stereocenters. The number of fused-ring (bicyclic) bond motifs is 1. The van der Waals surface area contributed by atoms with E-state index in [4.69, 9.17) is 25.8 Å². The molecule has 1 fully saturated rings. The molecule has 190 valence electrons. The molecule has 0 spiro atoms. The Labute approximate surface area is 218 Å². The molecule has 0 aromatic heterocycles. The van der Waals surface area contributed by atoms with E-state index < -0.39 is 5.92 Å². The monoisotopic (exact) mass is 521 g/mol. The van der Waals surface area contributed by atoms with Crippen molar-refractivity contribution in [2.45, 2.75) is 13.0 Å². The van der Waals surface area contributed by atoms with Gasteiger partial charge < -0.3 is 29.7 Å². The molecular formula is C27H24ClN3O6. The van der Waals surface area contributed by atoms with Crippen LogP contribution >= 0.6 is 11.6 Å². The third-order valence-corrected chi connectivity index (χ3v) is 6.26. The molecule has 5 rings (SSSR count). The number of nitrogens with one attached hydrogen (secondary N) is 2. The summed E-state index contributed by atoms with van der Waals surface area (Å²) < 4.78 is 16.2. The molecule has 0 aliphatic carbocycles. The lowest BCUT2D eigenvalue weighted by Crippen LogP contribution is -2.32. The van der Waals surface area contributed by atoms with Crippen LogP contribution in [-0.4, -0.2) is 37.7 Å². The second-order valence-electron chi connectivity index (χ2n) is 8.65. The van der Waals surface area contributed by atoms with Gasteiger partial charge in [0.2, 0.25) is 18.6 Å². The lowest BCUT2D eigenvalue weighted by Gasteiger charge is -2.17. The van der Waals surface area contributed by atoms with E-state index in [0.29, 0.717) is 40.2 Å². The van der Waals surface area contributed by atoms with Gasteiger partial charge >= 0.3 is 0 Å². The van der Waals surface area contributed by atoms with Crippen LogP contribution in [0.15, 0.2) is 66.7 Å². The molecule has 2 heterocycles. The van der Waals surface area contributed by atoms with E-state index in [2.05, 4.69) is 10.6 Å². The van der Waals surface area contributed by atoms with Crippen molar-refractivity contribution >= 4 is 40.7 Å². The maximum absolute atomic E-state index is 12.7. The quantitative estimate of drug-likeness (QED) is 0.467. The van der Waals surface area contributed by atoms with Gasteiger partial charge in [-0.1, -0.05) is 23.7 Å². The summed E-state index contributed by atoms with van der Waals surface area (Å²) in [6.07, 6.45) is 0.134. The first-order chi connectivity index (χ1) is 17.9. The summed E-state index contributed by atoms with van der Waals surface area (Å²) in [5.41, 5.74) is 2.13. The molecule has 2 aliphatic heterocycles. The first kappa shape index (κ1) is 24.5. The third-order valence-electron chi connectivity index (χ3n) is 6.03. The van der Waals surface area contributed by atoms with Crippen LogP contribution in [0.5, 0.6) is 17.2 Å². The predicted octanol–water partition coefficient (Wildman–Crippen LogP) is 3.76. The minimum absolute atomic E-state index is 0.127. The zero-order chi connectivity index (χ0) is 25.8. The van der Waals surface area contributed by atoms with Gasteiger partial charge in [0.25, 0.3) is 5.91 Å². The summed E-state index contributed by atoms with van der Waals surface area (Å²) >= 11 is 5.92. The van der Waals surface area contributed by atoms with E-state index in [0.717, 1.165) is 5.56 Å². The van der Waals surface area contributed by atoms with E-state index >= 15 is 0 Å². The second-order valence-corrected chi connectivity index (χ2v) is 9.09. The smallest absolute Gasteiger partial charge is 0.262 e. The van der Waals surface area contributed by atoms with Crippen LogP contribution in [0.1, 0.15) is 12.0 Å². The highest BCUT2D eigenvalue weighted by molar-refractivity contribution is 6.30. The Bertz CT molecular complexity index is 1330. The summed E-state index contributed by atoms with van der Waals surface area (Å²) in [6.45, 7) is 0.628. The lowest BCUT2D eigenvalue weighted by molar-refractivity contribution is -0.126. The van der Waals surface area contributed by atoms with Crippen LogP contribution in [0.25, 0.3) is 0 Å². The molecule has 0 radical (unpaired) electrons. The fourth-order valence-corrected chi connectivity index (χ4v) is 4.34. The number of hydrogen-bond donors (Lipinski definition) is 2. The van der Waals surface area contributed by atoms with Gasteiger partial charge in [-0.05, 0) is 60.2 Å². The van der Waals surface area contributed by atoms with Gasteiger partial charge in [-0.3, -0.25) is 14.4 Å². The molecular weight excluding hydrogens is 498 g/mol. The van der Waals surface area contributed by atoms with Crippen LogP contribution in [0, 0.1) is 5.92 Å². The second kappa shape index (κ2) is 10.8. The molecule has 1 saturated heterocycles. The number of carbonyl (C=O) groups is 3. The molecule has 3 aromatic carbocycles. The van der Waals surface area contributed by atoms with Crippen molar-refractivity contribution in [3.05, 3.63) is 77.3 Å². The topological polar surface area (TPSA) is 106 Å². The Morgan fingerprint density at radius 3 is 2.65 bits per heavy atom. The number of nitrogens with zero attached hydrogens (tertiary/aromatic N) is 1. The van der Waals surface area contributed by atoms with Gasteiger partial charge in [0.15, 0.2) is 18.1 Å². The van der Waals surface area contributed by atoms with Crippen molar-refractivity contribution in [3.63, 3.8) is 0 Å². The molecule has 37 heavy (non-hydrogen) atoms. The standard InChI is InChI=1S/C27H24ClN3O6/c28-19-2-1-3-20(12-19)30-25(32)15-35-22-7-5-21(6-8-22)31-14-18(11-26(31)33)27(34)29-13-17-4-9-23-24(10-17)37-16-36-23/h1-10,12,18H,11,13-16H2,(H,29,34)(H,30,32). The summed E-state index contributed by atoms with van der Waals surface area (Å²) in [5, 5.41) is 6.14. The van der Waals surface area contributed by atoms with Gasteiger partial charge in [0.1, 0.15) is 5.75 Å². The molecule has 0 saturated carbocycles. The van der Waals surface area contributed by atoms with E-state index in [9.17, 15) is 14.4 Å². The lowest BCUT2D eigenvalue weighted by atomic mass is 10.1. The van der Waals surface area contributed by atoms with Crippen molar-refractivity contribution < 1.29 is 28.6 Å². The van der Waals surface area contributed by atoms with Gasteiger partial charge in [-0.2, -0.15) is 0 Å². The zero-order valence-electron chi connectivity index (χ0n) is 19.7. The zero-order valence-corrected chi connectivity index (χ0v) is 20.5. The Hall–Kier alpha value is -4.24. The van der Waals surface area contributed by atoms with Gasteiger partial charge in [-0.15, -0.1) is 0 Å². The van der Waals surface area contributed by atoms with Crippen LogP contribution < -0.4 is 29.7 Å². The molecule has 2 N–H and O–H groups in total.